The monoisotopic (exact) mass is 280 g/mol. The van der Waals surface area contributed by atoms with Gasteiger partial charge in [0, 0.05) is 26.4 Å². The van der Waals surface area contributed by atoms with Crippen LogP contribution in [0.3, 0.4) is 0 Å². The quantitative estimate of drug-likeness (QED) is 0.791. The second-order valence-corrected chi connectivity index (χ2v) is 5.91. The molecule has 3 nitrogen and oxygen atoms in total. The molecule has 0 fully saturated rings. The van der Waals surface area contributed by atoms with E-state index in [-0.39, 0.29) is 0 Å². The number of nitrogens with one attached hydrogen (secondary N) is 1. The lowest BCUT2D eigenvalue weighted by molar-refractivity contribution is 0.199. The maximum atomic E-state index is 5.01. The first-order valence-corrected chi connectivity index (χ1v) is 7.44. The van der Waals surface area contributed by atoms with Gasteiger partial charge >= 0.3 is 0 Å². The van der Waals surface area contributed by atoms with Crippen LogP contribution in [-0.2, 0) is 11.3 Å². The minimum Gasteiger partial charge on any atom is -0.383 e. The third-order valence-electron chi connectivity index (χ3n) is 2.34. The van der Waals surface area contributed by atoms with E-state index in [0.717, 1.165) is 24.7 Å². The van der Waals surface area contributed by atoms with Gasteiger partial charge in [-0.1, -0.05) is 23.9 Å². The Morgan fingerprint density at radius 3 is 3.11 bits per heavy atom. The van der Waals surface area contributed by atoms with Gasteiger partial charge in [-0.15, -0.1) is 11.3 Å². The fourth-order valence-corrected chi connectivity index (χ4v) is 3.23. The molecule has 5 heteroatoms. The van der Waals surface area contributed by atoms with Gasteiger partial charge in [0.25, 0.3) is 0 Å². The molecule has 0 aliphatic heterocycles. The summed E-state index contributed by atoms with van der Waals surface area (Å²) >= 11 is 3.46. The topological polar surface area (TPSA) is 34.1 Å². The van der Waals surface area contributed by atoms with E-state index < -0.39 is 0 Å². The zero-order chi connectivity index (χ0) is 12.6. The predicted molar refractivity (Wildman–Crippen MR) is 76.3 cm³/mol. The minimum absolute atomic E-state index is 0.730. The summed E-state index contributed by atoms with van der Waals surface area (Å²) in [6, 6.07) is 8.27. The van der Waals surface area contributed by atoms with Crippen LogP contribution < -0.4 is 5.32 Å². The molecule has 0 amide bonds. The second kappa shape index (κ2) is 7.53. The van der Waals surface area contributed by atoms with Gasteiger partial charge in [-0.05, 0) is 23.1 Å². The molecule has 0 spiro atoms. The Hall–Kier alpha value is -0.880. The van der Waals surface area contributed by atoms with Crippen molar-refractivity contribution < 1.29 is 4.74 Å². The molecular formula is C13H16N2OS2. The zero-order valence-corrected chi connectivity index (χ0v) is 11.9. The van der Waals surface area contributed by atoms with E-state index in [4.69, 9.17) is 4.74 Å². The first kappa shape index (κ1) is 13.5. The molecule has 2 aromatic heterocycles. The fourth-order valence-electron chi connectivity index (χ4n) is 1.46. The van der Waals surface area contributed by atoms with Crippen LogP contribution in [-0.4, -0.2) is 25.2 Å². The Bertz CT molecular complexity index is 460. The van der Waals surface area contributed by atoms with E-state index >= 15 is 0 Å². The van der Waals surface area contributed by atoms with Crippen molar-refractivity contribution in [2.75, 3.05) is 20.3 Å². The molecule has 2 aromatic rings. The van der Waals surface area contributed by atoms with E-state index in [1.54, 1.807) is 30.2 Å². The lowest BCUT2D eigenvalue weighted by Gasteiger charge is -2.08. The number of aromatic nitrogens is 1. The normalized spacial score (nSPS) is 10.7. The predicted octanol–water partition coefficient (Wildman–Crippen LogP) is 3.03. The Kier molecular flexibility index (Phi) is 5.67. The molecule has 96 valence electrons. The average Bonchev–Trinajstić information content (AvgIpc) is 2.89. The summed E-state index contributed by atoms with van der Waals surface area (Å²) in [5.74, 6) is 0. The van der Waals surface area contributed by atoms with Crippen LogP contribution in [0.1, 0.15) is 5.56 Å². The molecule has 0 bridgehead atoms. The minimum atomic E-state index is 0.730. The van der Waals surface area contributed by atoms with E-state index in [2.05, 4.69) is 33.9 Å². The number of hydrogen-bond acceptors (Lipinski definition) is 5. The molecule has 0 atom stereocenters. The third kappa shape index (κ3) is 4.10. The van der Waals surface area contributed by atoms with Gasteiger partial charge in [-0.3, -0.25) is 0 Å². The van der Waals surface area contributed by atoms with Gasteiger partial charge in [0.1, 0.15) is 5.03 Å². The first-order chi connectivity index (χ1) is 8.90. The van der Waals surface area contributed by atoms with Crippen LogP contribution in [0, 0.1) is 0 Å². The Balaban J connectivity index is 1.97. The van der Waals surface area contributed by atoms with Crippen LogP contribution in [0.15, 0.2) is 45.1 Å². The van der Waals surface area contributed by atoms with Crippen LogP contribution in [0.2, 0.25) is 0 Å². The van der Waals surface area contributed by atoms with Gasteiger partial charge in [0.15, 0.2) is 0 Å². The molecule has 0 saturated carbocycles. The van der Waals surface area contributed by atoms with Crippen LogP contribution in [0.5, 0.6) is 0 Å². The molecule has 2 heterocycles. The molecule has 0 unspecified atom stereocenters. The van der Waals surface area contributed by atoms with Crippen LogP contribution >= 0.6 is 23.1 Å². The summed E-state index contributed by atoms with van der Waals surface area (Å²) in [6.07, 6.45) is 1.84. The number of thiophene rings is 1. The molecule has 2 rings (SSSR count). The number of nitrogens with zero attached hydrogens (tertiary/aromatic N) is 1. The van der Waals surface area contributed by atoms with Crippen molar-refractivity contribution in [1.29, 1.82) is 0 Å². The lowest BCUT2D eigenvalue weighted by Crippen LogP contribution is -2.19. The highest BCUT2D eigenvalue weighted by atomic mass is 32.2. The van der Waals surface area contributed by atoms with Crippen molar-refractivity contribution in [3.63, 3.8) is 0 Å². The average molecular weight is 280 g/mol. The number of methoxy groups -OCH3 is 1. The van der Waals surface area contributed by atoms with Crippen molar-refractivity contribution in [1.82, 2.24) is 10.3 Å². The Morgan fingerprint density at radius 1 is 1.39 bits per heavy atom. The van der Waals surface area contributed by atoms with E-state index in [1.165, 1.54) is 9.77 Å². The molecule has 18 heavy (non-hydrogen) atoms. The zero-order valence-electron chi connectivity index (χ0n) is 10.3. The number of ether oxygens (including phenoxy) is 1. The van der Waals surface area contributed by atoms with Gasteiger partial charge in [0.05, 0.1) is 10.8 Å². The third-order valence-corrected chi connectivity index (χ3v) is 4.44. The summed E-state index contributed by atoms with van der Waals surface area (Å²) in [5, 5.41) is 6.51. The maximum Gasteiger partial charge on any atom is 0.106 e. The number of pyridine rings is 1. The van der Waals surface area contributed by atoms with Crippen molar-refractivity contribution in [2.24, 2.45) is 0 Å². The highest BCUT2D eigenvalue weighted by molar-refractivity contribution is 8.01. The lowest BCUT2D eigenvalue weighted by atomic mass is 10.3. The van der Waals surface area contributed by atoms with E-state index in [1.807, 2.05) is 12.3 Å². The maximum absolute atomic E-state index is 5.01. The van der Waals surface area contributed by atoms with Gasteiger partial charge in [0.2, 0.25) is 0 Å². The summed E-state index contributed by atoms with van der Waals surface area (Å²) < 4.78 is 6.28. The van der Waals surface area contributed by atoms with E-state index in [9.17, 15) is 0 Å². The molecule has 0 aliphatic rings. The molecule has 0 aromatic carbocycles. The summed E-state index contributed by atoms with van der Waals surface area (Å²) in [6.45, 7) is 2.41. The van der Waals surface area contributed by atoms with E-state index in [0.29, 0.717) is 0 Å². The summed E-state index contributed by atoms with van der Waals surface area (Å²) in [5.41, 5.74) is 1.23. The highest BCUT2D eigenvalue weighted by Gasteiger charge is 2.05. The summed E-state index contributed by atoms with van der Waals surface area (Å²) in [4.78, 5) is 4.45. The smallest absolute Gasteiger partial charge is 0.106 e. The van der Waals surface area contributed by atoms with Crippen LogP contribution in [0.4, 0.5) is 0 Å². The first-order valence-electron chi connectivity index (χ1n) is 5.75. The fraction of sp³-hybridized carbons (Fsp3) is 0.308. The summed E-state index contributed by atoms with van der Waals surface area (Å²) in [7, 11) is 1.71. The number of rotatable bonds is 7. The number of hydrogen-bond donors (Lipinski definition) is 1. The molecule has 0 aliphatic carbocycles. The van der Waals surface area contributed by atoms with Gasteiger partial charge in [-0.25, -0.2) is 4.98 Å². The van der Waals surface area contributed by atoms with Crippen molar-refractivity contribution in [3.05, 3.63) is 41.4 Å². The highest BCUT2D eigenvalue weighted by Crippen LogP contribution is 2.31. The molecule has 0 radical (unpaired) electrons. The van der Waals surface area contributed by atoms with Gasteiger partial charge < -0.3 is 10.1 Å². The molecule has 1 N–H and O–H groups in total. The van der Waals surface area contributed by atoms with Crippen LogP contribution in [0.25, 0.3) is 0 Å². The largest absolute Gasteiger partial charge is 0.383 e. The van der Waals surface area contributed by atoms with Crippen molar-refractivity contribution in [2.45, 2.75) is 15.8 Å². The molecular weight excluding hydrogens is 264 g/mol. The van der Waals surface area contributed by atoms with Crippen molar-refractivity contribution >= 4 is 23.1 Å². The second-order valence-electron chi connectivity index (χ2n) is 3.67. The Morgan fingerprint density at radius 2 is 2.33 bits per heavy atom. The van der Waals surface area contributed by atoms with Crippen molar-refractivity contribution in [3.8, 4) is 0 Å². The SMILES string of the molecule is COCCNCc1cccnc1Sc1cccs1. The standard InChI is InChI=1S/C13H16N2OS2/c1-16-8-7-14-10-11-4-2-6-15-13(11)18-12-5-3-9-17-12/h2-6,9,14H,7-8,10H2,1H3. The van der Waals surface area contributed by atoms with Gasteiger partial charge in [-0.2, -0.15) is 0 Å². The molecule has 0 saturated heterocycles. The Labute approximate surface area is 116 Å².